The molecule has 0 bridgehead atoms. The van der Waals surface area contributed by atoms with E-state index in [1.54, 1.807) is 6.92 Å². The molecule has 0 aliphatic carbocycles. The van der Waals surface area contributed by atoms with Crippen LogP contribution in [0.5, 0.6) is 0 Å². The van der Waals surface area contributed by atoms with Gasteiger partial charge in [-0.1, -0.05) is 37.3 Å². The van der Waals surface area contributed by atoms with Crippen LogP contribution in [0.25, 0.3) is 0 Å². The van der Waals surface area contributed by atoms with Gasteiger partial charge in [0.1, 0.15) is 5.78 Å². The van der Waals surface area contributed by atoms with Crippen molar-refractivity contribution in [3.8, 4) is 0 Å². The molecule has 0 saturated carbocycles. The highest BCUT2D eigenvalue weighted by Crippen LogP contribution is 2.04. The number of carbonyl (C=O) groups excluding carboxylic acids is 1. The second-order valence-corrected chi connectivity index (χ2v) is 4.08. The van der Waals surface area contributed by atoms with Gasteiger partial charge in [-0.3, -0.25) is 4.79 Å². The van der Waals surface area contributed by atoms with Gasteiger partial charge in [0.15, 0.2) is 0 Å². The van der Waals surface area contributed by atoms with E-state index >= 15 is 0 Å². The Balaban J connectivity index is 2.10. The van der Waals surface area contributed by atoms with Crippen molar-refractivity contribution in [3.05, 3.63) is 35.9 Å². The minimum atomic E-state index is -0.571. The molecule has 1 rings (SSSR count). The number of hydrogen-bond donors (Lipinski definition) is 1. The molecule has 1 aromatic rings. The third-order valence-corrected chi connectivity index (χ3v) is 2.56. The Kier molecular flexibility index (Phi) is 6.51. The van der Waals surface area contributed by atoms with Crippen LogP contribution in [-0.4, -0.2) is 23.6 Å². The predicted octanol–water partition coefficient (Wildman–Crippen LogP) is 2.32. The Labute approximate surface area is 102 Å². The molecule has 0 aliphatic heterocycles. The van der Waals surface area contributed by atoms with Crippen LogP contribution in [0.2, 0.25) is 0 Å². The van der Waals surface area contributed by atoms with Gasteiger partial charge >= 0.3 is 0 Å². The zero-order valence-electron chi connectivity index (χ0n) is 10.3. The standard InChI is InChI=1S/C14H20O3/c1-2-13(15)10-14(16)8-9-17-11-12-6-4-3-5-7-12/h3-7,14,16H,2,8-11H2,1H3. The Morgan fingerprint density at radius 3 is 2.71 bits per heavy atom. The number of ether oxygens (including phenoxy) is 1. The molecule has 17 heavy (non-hydrogen) atoms. The maximum Gasteiger partial charge on any atom is 0.135 e. The molecule has 0 aliphatic rings. The van der Waals surface area contributed by atoms with Crippen molar-refractivity contribution >= 4 is 5.78 Å². The number of ketones is 1. The van der Waals surface area contributed by atoms with Gasteiger partial charge in [0.05, 0.1) is 12.7 Å². The lowest BCUT2D eigenvalue weighted by Gasteiger charge is -2.09. The number of hydrogen-bond acceptors (Lipinski definition) is 3. The fraction of sp³-hybridized carbons (Fsp3) is 0.500. The lowest BCUT2D eigenvalue weighted by Crippen LogP contribution is -2.15. The fourth-order valence-corrected chi connectivity index (χ4v) is 1.49. The van der Waals surface area contributed by atoms with Crippen molar-refractivity contribution in [2.24, 2.45) is 0 Å². The Morgan fingerprint density at radius 2 is 2.06 bits per heavy atom. The molecule has 1 N–H and O–H groups in total. The number of rotatable bonds is 8. The zero-order chi connectivity index (χ0) is 12.5. The molecule has 0 saturated heterocycles. The zero-order valence-corrected chi connectivity index (χ0v) is 10.3. The minimum Gasteiger partial charge on any atom is -0.393 e. The minimum absolute atomic E-state index is 0.0977. The molecule has 1 atom stereocenters. The van der Waals surface area contributed by atoms with Gasteiger partial charge in [0, 0.05) is 19.4 Å². The smallest absolute Gasteiger partial charge is 0.135 e. The summed E-state index contributed by atoms with van der Waals surface area (Å²) in [6.07, 6.45) is 0.671. The van der Waals surface area contributed by atoms with Crippen molar-refractivity contribution < 1.29 is 14.6 Å². The van der Waals surface area contributed by atoms with Crippen LogP contribution < -0.4 is 0 Å². The summed E-state index contributed by atoms with van der Waals surface area (Å²) in [5.41, 5.74) is 1.12. The first-order valence-electron chi connectivity index (χ1n) is 6.03. The van der Waals surface area contributed by atoms with Crippen molar-refractivity contribution in [1.82, 2.24) is 0 Å². The number of Topliss-reactive ketones (excluding diaryl/α,β-unsaturated/α-hetero) is 1. The van der Waals surface area contributed by atoms with Crippen molar-refractivity contribution in [2.45, 2.75) is 38.9 Å². The number of aliphatic hydroxyl groups excluding tert-OH is 1. The second-order valence-electron chi connectivity index (χ2n) is 4.08. The monoisotopic (exact) mass is 236 g/mol. The highest BCUT2D eigenvalue weighted by atomic mass is 16.5. The number of carbonyl (C=O) groups is 1. The summed E-state index contributed by atoms with van der Waals surface area (Å²) in [5.74, 6) is 0.0977. The third-order valence-electron chi connectivity index (χ3n) is 2.56. The van der Waals surface area contributed by atoms with Crippen LogP contribution in [0.3, 0.4) is 0 Å². The SMILES string of the molecule is CCC(=O)CC(O)CCOCc1ccccc1. The van der Waals surface area contributed by atoms with E-state index in [0.717, 1.165) is 5.56 Å². The summed E-state index contributed by atoms with van der Waals surface area (Å²) < 4.78 is 5.43. The van der Waals surface area contributed by atoms with Crippen LogP contribution in [0.1, 0.15) is 31.7 Å². The van der Waals surface area contributed by atoms with Gasteiger partial charge in [-0.2, -0.15) is 0 Å². The first-order chi connectivity index (χ1) is 8.22. The van der Waals surface area contributed by atoms with Crippen LogP contribution in [-0.2, 0) is 16.1 Å². The van der Waals surface area contributed by atoms with Crippen molar-refractivity contribution in [2.75, 3.05) is 6.61 Å². The molecule has 0 heterocycles. The van der Waals surface area contributed by atoms with E-state index in [0.29, 0.717) is 26.1 Å². The maximum atomic E-state index is 11.1. The largest absolute Gasteiger partial charge is 0.393 e. The Bertz CT molecular complexity index is 321. The van der Waals surface area contributed by atoms with Crippen LogP contribution in [0, 0.1) is 0 Å². The molecule has 0 spiro atoms. The lowest BCUT2D eigenvalue weighted by molar-refractivity contribution is -0.120. The van der Waals surface area contributed by atoms with Gasteiger partial charge in [0.2, 0.25) is 0 Å². The van der Waals surface area contributed by atoms with Crippen molar-refractivity contribution in [1.29, 1.82) is 0 Å². The highest BCUT2D eigenvalue weighted by Gasteiger charge is 2.08. The molecule has 3 heteroatoms. The summed E-state index contributed by atoms with van der Waals surface area (Å²) in [6.45, 7) is 2.84. The van der Waals surface area contributed by atoms with E-state index in [-0.39, 0.29) is 12.2 Å². The van der Waals surface area contributed by atoms with E-state index in [1.165, 1.54) is 0 Å². The lowest BCUT2D eigenvalue weighted by atomic mass is 10.1. The molecule has 94 valence electrons. The maximum absolute atomic E-state index is 11.1. The average molecular weight is 236 g/mol. The average Bonchev–Trinajstić information content (AvgIpc) is 2.36. The molecule has 1 aromatic carbocycles. The summed E-state index contributed by atoms with van der Waals surface area (Å²) in [5, 5.41) is 9.55. The van der Waals surface area contributed by atoms with Gasteiger partial charge in [-0.05, 0) is 12.0 Å². The van der Waals surface area contributed by atoms with Gasteiger partial charge in [-0.15, -0.1) is 0 Å². The summed E-state index contributed by atoms with van der Waals surface area (Å²) in [6, 6.07) is 9.89. The fourth-order valence-electron chi connectivity index (χ4n) is 1.49. The first-order valence-corrected chi connectivity index (χ1v) is 6.03. The third kappa shape index (κ3) is 6.19. The topological polar surface area (TPSA) is 46.5 Å². The second kappa shape index (κ2) is 7.98. The van der Waals surface area contributed by atoms with Crippen molar-refractivity contribution in [3.63, 3.8) is 0 Å². The number of benzene rings is 1. The van der Waals surface area contributed by atoms with E-state index in [2.05, 4.69) is 0 Å². The van der Waals surface area contributed by atoms with Crippen LogP contribution >= 0.6 is 0 Å². The normalized spacial score (nSPS) is 12.4. The van der Waals surface area contributed by atoms with E-state index in [9.17, 15) is 9.90 Å². The van der Waals surface area contributed by atoms with E-state index < -0.39 is 6.10 Å². The Morgan fingerprint density at radius 1 is 1.35 bits per heavy atom. The van der Waals surface area contributed by atoms with Crippen LogP contribution in [0.4, 0.5) is 0 Å². The quantitative estimate of drug-likeness (QED) is 0.705. The van der Waals surface area contributed by atoms with Gasteiger partial charge in [-0.25, -0.2) is 0 Å². The molecular formula is C14H20O3. The van der Waals surface area contributed by atoms with E-state index in [1.807, 2.05) is 30.3 Å². The molecule has 1 unspecified atom stereocenters. The van der Waals surface area contributed by atoms with Crippen LogP contribution in [0.15, 0.2) is 30.3 Å². The highest BCUT2D eigenvalue weighted by molar-refractivity contribution is 5.78. The van der Waals surface area contributed by atoms with Gasteiger partial charge < -0.3 is 9.84 Å². The summed E-state index contributed by atoms with van der Waals surface area (Å²) in [4.78, 5) is 11.1. The predicted molar refractivity (Wildman–Crippen MR) is 66.6 cm³/mol. The van der Waals surface area contributed by atoms with E-state index in [4.69, 9.17) is 4.74 Å². The molecule has 0 amide bonds. The molecular weight excluding hydrogens is 216 g/mol. The molecule has 3 nitrogen and oxygen atoms in total. The first kappa shape index (κ1) is 13.9. The molecule has 0 fully saturated rings. The number of aliphatic hydroxyl groups is 1. The summed E-state index contributed by atoms with van der Waals surface area (Å²) >= 11 is 0. The molecule has 0 radical (unpaired) electrons. The molecule has 0 aromatic heterocycles. The van der Waals surface area contributed by atoms with Gasteiger partial charge in [0.25, 0.3) is 0 Å². The summed E-state index contributed by atoms with van der Waals surface area (Å²) in [7, 11) is 0. The Hall–Kier alpha value is -1.19.